The highest BCUT2D eigenvalue weighted by atomic mass is 16.2. The Morgan fingerprint density at radius 3 is 2.70 bits per heavy atom. The summed E-state index contributed by atoms with van der Waals surface area (Å²) in [6.45, 7) is 2.90. The van der Waals surface area contributed by atoms with Crippen LogP contribution in [0.25, 0.3) is 0 Å². The van der Waals surface area contributed by atoms with Crippen molar-refractivity contribution in [2.75, 3.05) is 6.54 Å². The van der Waals surface area contributed by atoms with E-state index in [0.717, 1.165) is 29.2 Å². The van der Waals surface area contributed by atoms with Crippen LogP contribution in [0.4, 0.5) is 0 Å². The van der Waals surface area contributed by atoms with E-state index < -0.39 is 5.69 Å². The van der Waals surface area contributed by atoms with Gasteiger partial charge >= 0.3 is 5.69 Å². The third kappa shape index (κ3) is 3.27. The molecule has 0 saturated heterocycles. The third-order valence-electron chi connectivity index (χ3n) is 4.83. The molecule has 1 amide bonds. The Hall–Kier alpha value is -3.23. The van der Waals surface area contributed by atoms with E-state index >= 15 is 0 Å². The lowest BCUT2D eigenvalue weighted by molar-refractivity contribution is 0.0667. The van der Waals surface area contributed by atoms with Crippen LogP contribution >= 0.6 is 0 Å². The summed E-state index contributed by atoms with van der Waals surface area (Å²) in [6, 6.07) is 10.3. The Morgan fingerprint density at radius 1 is 1.22 bits per heavy atom. The molecule has 0 bridgehead atoms. The summed E-state index contributed by atoms with van der Waals surface area (Å²) < 4.78 is 3.23. The second kappa shape index (κ2) is 6.82. The molecule has 9 nitrogen and oxygen atoms in total. The van der Waals surface area contributed by atoms with Crippen molar-refractivity contribution < 1.29 is 4.79 Å². The van der Waals surface area contributed by atoms with Crippen molar-refractivity contribution in [3.63, 3.8) is 0 Å². The van der Waals surface area contributed by atoms with E-state index in [-0.39, 0.29) is 17.8 Å². The molecule has 0 unspecified atom stereocenters. The normalized spacial score (nSPS) is 16.4. The van der Waals surface area contributed by atoms with Gasteiger partial charge in [0.2, 0.25) is 5.82 Å². The van der Waals surface area contributed by atoms with Crippen molar-refractivity contribution in [1.82, 2.24) is 34.4 Å². The number of fused-ring (bicyclic) bond motifs is 1. The van der Waals surface area contributed by atoms with Gasteiger partial charge in [0.05, 0.1) is 12.6 Å². The number of carbonyl (C=O) groups is 1. The van der Waals surface area contributed by atoms with Gasteiger partial charge in [0.25, 0.3) is 5.91 Å². The number of nitrogens with zero attached hydrogens (tertiary/aromatic N) is 6. The molecule has 27 heavy (non-hydrogen) atoms. The van der Waals surface area contributed by atoms with E-state index in [2.05, 4.69) is 37.0 Å². The van der Waals surface area contributed by atoms with Gasteiger partial charge in [-0.3, -0.25) is 9.78 Å². The molecule has 9 heteroatoms. The Bertz CT molecular complexity index is 1020. The zero-order valence-corrected chi connectivity index (χ0v) is 15.3. The topological polar surface area (TPSA) is 102 Å². The summed E-state index contributed by atoms with van der Waals surface area (Å²) in [5.74, 6) is 1.43. The Balaban J connectivity index is 1.51. The van der Waals surface area contributed by atoms with Crippen LogP contribution in [-0.2, 0) is 26.4 Å². The van der Waals surface area contributed by atoms with Gasteiger partial charge < -0.3 is 9.47 Å². The predicted molar refractivity (Wildman–Crippen MR) is 97.2 cm³/mol. The quantitative estimate of drug-likeness (QED) is 0.731. The first-order chi connectivity index (χ1) is 13.0. The molecule has 1 aromatic carbocycles. The molecule has 3 heterocycles. The van der Waals surface area contributed by atoms with Crippen LogP contribution in [0, 0.1) is 0 Å². The molecule has 2 aromatic heterocycles. The van der Waals surface area contributed by atoms with Crippen LogP contribution in [0.1, 0.15) is 40.8 Å². The van der Waals surface area contributed by atoms with Gasteiger partial charge in [0.1, 0.15) is 5.82 Å². The number of benzene rings is 1. The molecular weight excluding hydrogens is 346 g/mol. The lowest BCUT2D eigenvalue weighted by Crippen LogP contribution is -2.41. The maximum atomic E-state index is 12.7. The lowest BCUT2D eigenvalue weighted by atomic mass is 10.1. The van der Waals surface area contributed by atoms with E-state index in [1.165, 1.54) is 12.6 Å². The van der Waals surface area contributed by atoms with Gasteiger partial charge in [0, 0.05) is 20.0 Å². The minimum atomic E-state index is -0.408. The zero-order chi connectivity index (χ0) is 19.0. The number of hydrogen-bond acceptors (Lipinski definition) is 5. The number of rotatable bonds is 4. The molecule has 1 N–H and O–H groups in total. The Labute approximate surface area is 155 Å². The summed E-state index contributed by atoms with van der Waals surface area (Å²) in [6.07, 6.45) is 1.69. The number of aromatic nitrogens is 6. The van der Waals surface area contributed by atoms with Crippen LogP contribution in [-0.4, -0.2) is 46.9 Å². The average molecular weight is 367 g/mol. The second-order valence-electron chi connectivity index (χ2n) is 6.83. The minimum Gasteiger partial charge on any atom is -0.326 e. The van der Waals surface area contributed by atoms with Gasteiger partial charge in [-0.25, -0.2) is 9.48 Å². The Kier molecular flexibility index (Phi) is 4.35. The van der Waals surface area contributed by atoms with Crippen LogP contribution < -0.4 is 5.69 Å². The highest BCUT2D eigenvalue weighted by Crippen LogP contribution is 2.23. The van der Waals surface area contributed by atoms with E-state index in [1.807, 2.05) is 25.1 Å². The van der Waals surface area contributed by atoms with E-state index in [0.29, 0.717) is 13.1 Å². The molecule has 0 fully saturated rings. The Morgan fingerprint density at radius 2 is 2.00 bits per heavy atom. The fourth-order valence-electron chi connectivity index (χ4n) is 3.49. The largest absolute Gasteiger partial charge is 0.343 e. The highest BCUT2D eigenvalue weighted by Gasteiger charge is 2.31. The van der Waals surface area contributed by atoms with Crippen molar-refractivity contribution in [3.8, 4) is 0 Å². The third-order valence-corrected chi connectivity index (χ3v) is 4.83. The number of amides is 1. The summed E-state index contributed by atoms with van der Waals surface area (Å²) in [5, 5.41) is 12.6. The molecule has 4 rings (SSSR count). The van der Waals surface area contributed by atoms with Crippen molar-refractivity contribution in [3.05, 3.63) is 63.9 Å². The van der Waals surface area contributed by atoms with E-state index in [1.54, 1.807) is 4.90 Å². The van der Waals surface area contributed by atoms with Crippen LogP contribution in [0.2, 0.25) is 0 Å². The first-order valence-corrected chi connectivity index (χ1v) is 8.92. The summed E-state index contributed by atoms with van der Waals surface area (Å²) >= 11 is 0. The first-order valence-electron chi connectivity index (χ1n) is 8.92. The van der Waals surface area contributed by atoms with Crippen LogP contribution in [0.5, 0.6) is 0 Å². The van der Waals surface area contributed by atoms with E-state index in [9.17, 15) is 9.59 Å². The molecule has 0 radical (unpaired) electrons. The van der Waals surface area contributed by atoms with Gasteiger partial charge in [-0.1, -0.05) is 30.3 Å². The number of carbonyl (C=O) groups excluding carboxylic acids is 1. The summed E-state index contributed by atoms with van der Waals surface area (Å²) in [5.41, 5.74) is 0.851. The van der Waals surface area contributed by atoms with Crippen molar-refractivity contribution in [1.29, 1.82) is 0 Å². The molecular formula is C18H21N7O2. The minimum absolute atomic E-state index is 0.0481. The van der Waals surface area contributed by atoms with Crippen LogP contribution in [0.15, 0.2) is 35.1 Å². The number of aromatic amines is 1. The van der Waals surface area contributed by atoms with Gasteiger partial charge in [-0.05, 0) is 18.9 Å². The van der Waals surface area contributed by atoms with E-state index in [4.69, 9.17) is 0 Å². The van der Waals surface area contributed by atoms with Crippen molar-refractivity contribution in [2.24, 2.45) is 7.05 Å². The maximum Gasteiger partial charge on any atom is 0.343 e. The van der Waals surface area contributed by atoms with Crippen molar-refractivity contribution in [2.45, 2.75) is 32.4 Å². The molecule has 0 aliphatic carbocycles. The SMILES string of the molecule is C[C@H]1CN(C(=O)c2nn(C)c(=O)[nH]2)Cc2nnc(CCc3ccccc3)n21. The predicted octanol–water partition coefficient (Wildman–Crippen LogP) is 0.702. The number of aryl methyl sites for hydroxylation is 3. The number of hydrogen-bond donors (Lipinski definition) is 1. The summed E-state index contributed by atoms with van der Waals surface area (Å²) in [4.78, 5) is 28.3. The average Bonchev–Trinajstić information content (AvgIpc) is 3.24. The fraction of sp³-hybridized carbons (Fsp3) is 0.389. The van der Waals surface area contributed by atoms with Gasteiger partial charge in [-0.2, -0.15) is 0 Å². The zero-order valence-electron chi connectivity index (χ0n) is 15.3. The van der Waals surface area contributed by atoms with Gasteiger partial charge in [0.15, 0.2) is 5.82 Å². The molecule has 0 spiro atoms. The van der Waals surface area contributed by atoms with Crippen LogP contribution in [0.3, 0.4) is 0 Å². The smallest absolute Gasteiger partial charge is 0.326 e. The number of H-pyrrole nitrogens is 1. The molecule has 0 saturated carbocycles. The highest BCUT2D eigenvalue weighted by molar-refractivity contribution is 5.90. The number of nitrogens with one attached hydrogen (secondary N) is 1. The van der Waals surface area contributed by atoms with Crippen molar-refractivity contribution >= 4 is 5.91 Å². The molecule has 140 valence electrons. The monoisotopic (exact) mass is 367 g/mol. The molecule has 1 aliphatic heterocycles. The summed E-state index contributed by atoms with van der Waals surface area (Å²) in [7, 11) is 1.50. The fourth-order valence-corrected chi connectivity index (χ4v) is 3.49. The lowest BCUT2D eigenvalue weighted by Gasteiger charge is -2.32. The molecule has 3 aromatic rings. The van der Waals surface area contributed by atoms with Gasteiger partial charge in [-0.15, -0.1) is 15.3 Å². The molecule has 1 atom stereocenters. The first kappa shape index (κ1) is 17.2. The second-order valence-corrected chi connectivity index (χ2v) is 6.83. The molecule has 1 aliphatic rings. The standard InChI is InChI=1S/C18H21N7O2/c1-12-10-24(17(26)16-19-18(27)23(2)22-16)11-15-21-20-14(25(12)15)9-8-13-6-4-3-5-7-13/h3-7,12H,8-11H2,1-2H3,(H,19,22,27)/t12-/m0/s1. The maximum absolute atomic E-state index is 12.7.